The van der Waals surface area contributed by atoms with E-state index in [1.54, 1.807) is 0 Å². The third-order valence-electron chi connectivity index (χ3n) is 4.28. The molecule has 6 heteroatoms. The maximum absolute atomic E-state index is 13.0. The van der Waals surface area contributed by atoms with E-state index < -0.39 is 0 Å². The molecule has 1 aliphatic rings. The van der Waals surface area contributed by atoms with E-state index in [0.717, 1.165) is 48.4 Å². The molecule has 1 fully saturated rings. The summed E-state index contributed by atoms with van der Waals surface area (Å²) in [5.74, 6) is -0.186. The summed E-state index contributed by atoms with van der Waals surface area (Å²) in [7, 11) is 0. The van der Waals surface area contributed by atoms with Crippen molar-refractivity contribution in [3.63, 3.8) is 0 Å². The van der Waals surface area contributed by atoms with E-state index in [0.29, 0.717) is 6.54 Å². The van der Waals surface area contributed by atoms with Crippen molar-refractivity contribution in [1.82, 2.24) is 4.90 Å². The van der Waals surface area contributed by atoms with Crippen LogP contribution in [0.2, 0.25) is 0 Å². The smallest absolute Gasteiger partial charge is 0.123 e. The number of halogens is 2. The van der Waals surface area contributed by atoms with Gasteiger partial charge in [0.1, 0.15) is 5.82 Å². The van der Waals surface area contributed by atoms with Gasteiger partial charge in [-0.1, -0.05) is 33.6 Å². The van der Waals surface area contributed by atoms with Gasteiger partial charge in [0.25, 0.3) is 0 Å². The average molecular weight is 604 g/mol. The first-order valence-corrected chi connectivity index (χ1v) is 8.60. The Balaban J connectivity index is 0.00000208. The molecule has 125 valence electrons. The van der Waals surface area contributed by atoms with Crippen molar-refractivity contribution < 1.29 is 48.5 Å². The van der Waals surface area contributed by atoms with Crippen molar-refractivity contribution in [3.05, 3.63) is 69.6 Å². The van der Waals surface area contributed by atoms with Crippen molar-refractivity contribution in [2.24, 2.45) is 0 Å². The average Bonchev–Trinajstić information content (AvgIpc) is 2.57. The molecule has 3 nitrogen and oxygen atoms in total. The molecule has 0 amide bonds. The zero-order chi connectivity index (χ0) is 16.2. The van der Waals surface area contributed by atoms with Crippen molar-refractivity contribution in [2.75, 3.05) is 31.1 Å². The van der Waals surface area contributed by atoms with Crippen LogP contribution < -0.4 is 4.90 Å². The summed E-state index contributed by atoms with van der Waals surface area (Å²) < 4.78 is 14.0. The van der Waals surface area contributed by atoms with Gasteiger partial charge in [-0.3, -0.25) is 4.90 Å². The number of nitrogens with one attached hydrogen (secondary N) is 1. The summed E-state index contributed by atoms with van der Waals surface area (Å²) >= 11 is 3.54. The van der Waals surface area contributed by atoms with E-state index in [4.69, 9.17) is 5.73 Å². The molecule has 0 bridgehead atoms. The summed E-state index contributed by atoms with van der Waals surface area (Å²) in [4.78, 5) is 4.73. The van der Waals surface area contributed by atoms with Gasteiger partial charge in [-0.2, -0.15) is 0 Å². The normalized spacial score (nSPS) is 15.2. The van der Waals surface area contributed by atoms with Crippen LogP contribution in [-0.2, 0) is 13.1 Å². The van der Waals surface area contributed by atoms with Crippen LogP contribution in [0.15, 0.2) is 46.9 Å². The molecule has 0 atom stereocenters. The van der Waals surface area contributed by atoms with Gasteiger partial charge in [0, 0.05) is 86.9 Å². The first-order valence-electron chi connectivity index (χ1n) is 7.80. The molecule has 1 saturated heterocycles. The van der Waals surface area contributed by atoms with Gasteiger partial charge in [0.15, 0.2) is 0 Å². The molecule has 2 aromatic carbocycles. The van der Waals surface area contributed by atoms with Gasteiger partial charge < -0.3 is 10.6 Å². The van der Waals surface area contributed by atoms with Gasteiger partial charge in [0.05, 0.1) is 0 Å². The van der Waals surface area contributed by atoms with Crippen molar-refractivity contribution >= 4 is 21.6 Å². The van der Waals surface area contributed by atoms with E-state index in [-0.39, 0.29) is 49.9 Å². The maximum atomic E-state index is 13.0. The number of anilines is 1. The van der Waals surface area contributed by atoms with Gasteiger partial charge in [-0.05, 0) is 35.9 Å². The van der Waals surface area contributed by atoms with Crippen molar-refractivity contribution in [2.45, 2.75) is 13.1 Å². The summed E-state index contributed by atoms with van der Waals surface area (Å²) in [5, 5.41) is 0. The molecule has 0 aromatic heterocycles. The number of nitrogens with zero attached hydrogens (tertiary/aromatic N) is 2. The Labute approximate surface area is 187 Å². The predicted molar refractivity (Wildman–Crippen MR) is 96.1 cm³/mol. The van der Waals surface area contributed by atoms with E-state index in [1.807, 2.05) is 18.2 Å². The monoisotopic (exact) mass is 603 g/mol. The van der Waals surface area contributed by atoms with E-state index in [2.05, 4.69) is 37.9 Å². The molecule has 0 aliphatic carbocycles. The zero-order valence-electron chi connectivity index (χ0n) is 13.5. The topological polar surface area (TPSA) is 30.3 Å². The molecular weight excluding hydrogens is 584 g/mol. The third kappa shape index (κ3) is 5.25. The van der Waals surface area contributed by atoms with Crippen molar-refractivity contribution in [3.8, 4) is 0 Å². The minimum absolute atomic E-state index is 0. The van der Waals surface area contributed by atoms with Crippen LogP contribution in [0.3, 0.4) is 0 Å². The van der Waals surface area contributed by atoms with Crippen LogP contribution in [0, 0.1) is 49.9 Å². The number of piperazine rings is 1. The molecule has 1 N–H and O–H groups in total. The quantitative estimate of drug-likeness (QED) is 0.517. The number of hydrogen-bond acceptors (Lipinski definition) is 2. The molecule has 0 unspecified atom stereocenters. The second-order valence-corrected chi connectivity index (χ2v) is 6.70. The van der Waals surface area contributed by atoms with Crippen molar-refractivity contribution in [1.29, 1.82) is 0 Å². The molecule has 1 aliphatic heterocycles. The number of hydrogen-bond donors (Lipinski definition) is 0. The molecule has 1 radical (unpaired) electrons. The third-order valence-corrected chi connectivity index (χ3v) is 5.02. The first kappa shape index (κ1) is 20.3. The van der Waals surface area contributed by atoms with E-state index in [1.165, 1.54) is 17.7 Å². The van der Waals surface area contributed by atoms with Gasteiger partial charge in [-0.15, -0.1) is 6.54 Å². The van der Waals surface area contributed by atoms with Crippen LogP contribution >= 0.6 is 15.9 Å². The summed E-state index contributed by atoms with van der Waals surface area (Å²) in [6, 6.07) is 13.0. The van der Waals surface area contributed by atoms with Crippen LogP contribution in [0.25, 0.3) is 5.73 Å². The van der Waals surface area contributed by atoms with Gasteiger partial charge in [-0.25, -0.2) is 4.39 Å². The van der Waals surface area contributed by atoms with Crippen LogP contribution in [0.5, 0.6) is 0 Å². The Hall–Kier alpha value is 0.0116. The molecule has 24 heavy (non-hydrogen) atoms. The molecule has 1 heterocycles. The largest absolute Gasteiger partial charge is 0.674 e. The number of benzene rings is 2. The van der Waals surface area contributed by atoms with Crippen LogP contribution in [0.1, 0.15) is 11.1 Å². The Bertz CT molecular complexity index is 658. The Morgan fingerprint density at radius 2 is 1.67 bits per heavy atom. The second kappa shape index (κ2) is 9.64. The first-order chi connectivity index (χ1) is 11.2. The Morgan fingerprint density at radius 1 is 1.00 bits per heavy atom. The molecular formula is C18H20AcBrFN3-. The van der Waals surface area contributed by atoms with Crippen LogP contribution in [0.4, 0.5) is 10.1 Å². The fourth-order valence-corrected chi connectivity index (χ4v) is 3.47. The van der Waals surface area contributed by atoms with Gasteiger partial charge >= 0.3 is 0 Å². The van der Waals surface area contributed by atoms with Crippen LogP contribution in [-0.4, -0.2) is 31.1 Å². The predicted octanol–water partition coefficient (Wildman–Crippen LogP) is 4.46. The Kier molecular flexibility index (Phi) is 8.16. The zero-order valence-corrected chi connectivity index (χ0v) is 19.8. The molecule has 0 spiro atoms. The fourth-order valence-electron chi connectivity index (χ4n) is 2.91. The molecule has 0 saturated carbocycles. The minimum atomic E-state index is -0.186. The molecule has 2 aromatic rings. The number of rotatable bonds is 4. The SMILES string of the molecule is [Ac].[NH-]Cc1ccc(CN2CCN(c3ccc(F)cc3)CC2)cc1Br. The fraction of sp³-hybridized carbons (Fsp3) is 0.333. The van der Waals surface area contributed by atoms with E-state index in [9.17, 15) is 4.39 Å². The molecule has 3 rings (SSSR count). The summed E-state index contributed by atoms with van der Waals surface area (Å²) in [6.07, 6.45) is 0. The summed E-state index contributed by atoms with van der Waals surface area (Å²) in [6.45, 7) is 5.13. The minimum Gasteiger partial charge on any atom is -0.674 e. The standard InChI is InChI=1S/C18H20BrFN3.Ac/c19-18-11-14(1-2-15(18)12-21)13-22-7-9-23(10-8-22)17-5-3-16(20)4-6-17;/h1-6,11,21H,7-10,12-13H2;/q-1;. The second-order valence-electron chi connectivity index (χ2n) is 5.84. The van der Waals surface area contributed by atoms with E-state index >= 15 is 0 Å². The Morgan fingerprint density at radius 3 is 2.25 bits per heavy atom. The maximum Gasteiger partial charge on any atom is 0.123 e. The van der Waals surface area contributed by atoms with Gasteiger partial charge in [0.2, 0.25) is 0 Å². The summed E-state index contributed by atoms with van der Waals surface area (Å²) in [5.41, 5.74) is 10.8.